The SMILES string of the molecule is O=C1CC[C@@H]([C@H](O)CN2CCCCC2)N1Cc1ccccc1Cl. The van der Waals surface area contributed by atoms with E-state index >= 15 is 0 Å². The van der Waals surface area contributed by atoms with Crippen LogP contribution in [-0.4, -0.2) is 52.6 Å². The van der Waals surface area contributed by atoms with E-state index in [1.54, 1.807) is 0 Å². The van der Waals surface area contributed by atoms with Gasteiger partial charge in [-0.1, -0.05) is 36.2 Å². The number of hydrogen-bond acceptors (Lipinski definition) is 3. The van der Waals surface area contributed by atoms with E-state index in [0.717, 1.165) is 25.1 Å². The zero-order chi connectivity index (χ0) is 16.2. The van der Waals surface area contributed by atoms with Crippen LogP contribution in [0.15, 0.2) is 24.3 Å². The van der Waals surface area contributed by atoms with Crippen molar-refractivity contribution in [2.45, 2.75) is 50.8 Å². The van der Waals surface area contributed by atoms with E-state index in [9.17, 15) is 9.90 Å². The van der Waals surface area contributed by atoms with Gasteiger partial charge in [-0.2, -0.15) is 0 Å². The quantitative estimate of drug-likeness (QED) is 0.899. The van der Waals surface area contributed by atoms with Crippen LogP contribution in [0.25, 0.3) is 0 Å². The molecule has 23 heavy (non-hydrogen) atoms. The molecule has 2 aliphatic heterocycles. The monoisotopic (exact) mass is 336 g/mol. The zero-order valence-electron chi connectivity index (χ0n) is 13.5. The van der Waals surface area contributed by atoms with E-state index < -0.39 is 6.10 Å². The Bertz CT molecular complexity index is 546. The van der Waals surface area contributed by atoms with Crippen molar-refractivity contribution < 1.29 is 9.90 Å². The van der Waals surface area contributed by atoms with Crippen LogP contribution in [0.2, 0.25) is 5.02 Å². The number of piperidine rings is 1. The molecule has 2 saturated heterocycles. The molecule has 4 nitrogen and oxygen atoms in total. The fraction of sp³-hybridized carbons (Fsp3) is 0.611. The van der Waals surface area contributed by atoms with Gasteiger partial charge in [0.25, 0.3) is 0 Å². The molecule has 2 fully saturated rings. The van der Waals surface area contributed by atoms with Crippen LogP contribution in [0, 0.1) is 0 Å². The molecule has 3 rings (SSSR count). The minimum absolute atomic E-state index is 0.0966. The van der Waals surface area contributed by atoms with Gasteiger partial charge < -0.3 is 14.9 Å². The molecule has 1 N–H and O–H groups in total. The highest BCUT2D eigenvalue weighted by Gasteiger charge is 2.36. The lowest BCUT2D eigenvalue weighted by Crippen LogP contribution is -2.47. The first-order chi connectivity index (χ1) is 11.1. The molecule has 0 spiro atoms. The highest BCUT2D eigenvalue weighted by molar-refractivity contribution is 6.31. The summed E-state index contributed by atoms with van der Waals surface area (Å²) in [5.74, 6) is 0.118. The summed E-state index contributed by atoms with van der Waals surface area (Å²) >= 11 is 6.22. The number of likely N-dealkylation sites (tertiary alicyclic amines) is 2. The number of carbonyl (C=O) groups excluding carboxylic acids is 1. The van der Waals surface area contributed by atoms with Crippen LogP contribution in [0.3, 0.4) is 0 Å². The first-order valence-corrected chi connectivity index (χ1v) is 8.96. The molecule has 2 heterocycles. The number of aliphatic hydroxyl groups excluding tert-OH is 1. The van der Waals surface area contributed by atoms with Gasteiger partial charge in [-0.3, -0.25) is 4.79 Å². The molecule has 0 saturated carbocycles. The average Bonchev–Trinajstić information content (AvgIpc) is 2.92. The maximum absolute atomic E-state index is 12.3. The molecule has 0 bridgehead atoms. The topological polar surface area (TPSA) is 43.8 Å². The van der Waals surface area contributed by atoms with Crippen LogP contribution in [0.1, 0.15) is 37.7 Å². The van der Waals surface area contributed by atoms with E-state index in [-0.39, 0.29) is 11.9 Å². The number of hydrogen-bond donors (Lipinski definition) is 1. The van der Waals surface area contributed by atoms with Gasteiger partial charge in [0, 0.05) is 24.5 Å². The second-order valence-corrected chi connectivity index (χ2v) is 7.05. The Morgan fingerprint density at radius 2 is 1.96 bits per heavy atom. The Balaban J connectivity index is 1.65. The summed E-state index contributed by atoms with van der Waals surface area (Å²) in [6.07, 6.45) is 4.47. The second kappa shape index (κ2) is 7.65. The lowest BCUT2D eigenvalue weighted by atomic mass is 10.1. The lowest BCUT2D eigenvalue weighted by Gasteiger charge is -2.34. The molecule has 0 aliphatic carbocycles. The summed E-state index contributed by atoms with van der Waals surface area (Å²) in [6.45, 7) is 3.27. The van der Waals surface area contributed by atoms with Crippen molar-refractivity contribution >= 4 is 17.5 Å². The van der Waals surface area contributed by atoms with Crippen molar-refractivity contribution in [1.82, 2.24) is 9.80 Å². The number of amides is 1. The van der Waals surface area contributed by atoms with Gasteiger partial charge in [-0.05, 0) is 44.0 Å². The Kier molecular flexibility index (Phi) is 5.57. The van der Waals surface area contributed by atoms with Gasteiger partial charge in [-0.15, -0.1) is 0 Å². The van der Waals surface area contributed by atoms with Crippen LogP contribution in [0.5, 0.6) is 0 Å². The molecule has 5 heteroatoms. The lowest BCUT2D eigenvalue weighted by molar-refractivity contribution is -0.131. The number of benzene rings is 1. The summed E-state index contributed by atoms with van der Waals surface area (Å²) in [5, 5.41) is 11.3. The zero-order valence-corrected chi connectivity index (χ0v) is 14.2. The molecule has 126 valence electrons. The third kappa shape index (κ3) is 4.06. The minimum Gasteiger partial charge on any atom is -0.390 e. The molecule has 0 aromatic heterocycles. The largest absolute Gasteiger partial charge is 0.390 e. The molecule has 2 atom stereocenters. The van der Waals surface area contributed by atoms with E-state index in [4.69, 9.17) is 11.6 Å². The number of β-amino-alcohol motifs (C(OH)–C–C–N with tert-alkyl or cyclic N) is 1. The highest BCUT2D eigenvalue weighted by Crippen LogP contribution is 2.27. The standard InChI is InChI=1S/C18H25ClN2O2/c19-15-7-3-2-6-14(15)12-21-16(8-9-18(21)23)17(22)13-20-10-4-1-5-11-20/h2-3,6-7,16-17,22H,1,4-5,8-13H2/t16-,17+/m0/s1. The maximum Gasteiger partial charge on any atom is 0.223 e. The first kappa shape index (κ1) is 16.7. The molecule has 2 aliphatic rings. The third-order valence-electron chi connectivity index (χ3n) is 5.01. The van der Waals surface area contributed by atoms with E-state index in [0.29, 0.717) is 24.5 Å². The highest BCUT2D eigenvalue weighted by atomic mass is 35.5. The summed E-state index contributed by atoms with van der Waals surface area (Å²) in [5.41, 5.74) is 0.944. The fourth-order valence-corrected chi connectivity index (χ4v) is 3.90. The van der Waals surface area contributed by atoms with Crippen LogP contribution in [-0.2, 0) is 11.3 Å². The summed E-state index contributed by atoms with van der Waals surface area (Å²) in [7, 11) is 0. The number of carbonyl (C=O) groups is 1. The van der Waals surface area contributed by atoms with Gasteiger partial charge in [-0.25, -0.2) is 0 Å². The van der Waals surface area contributed by atoms with Gasteiger partial charge in [0.2, 0.25) is 5.91 Å². The molecular weight excluding hydrogens is 312 g/mol. The molecule has 1 aromatic rings. The van der Waals surface area contributed by atoms with E-state index in [2.05, 4.69) is 4.90 Å². The van der Waals surface area contributed by atoms with Crippen molar-refractivity contribution in [3.8, 4) is 0 Å². The van der Waals surface area contributed by atoms with Crippen molar-refractivity contribution in [2.75, 3.05) is 19.6 Å². The van der Waals surface area contributed by atoms with Gasteiger partial charge in [0.15, 0.2) is 0 Å². The van der Waals surface area contributed by atoms with E-state index in [1.807, 2.05) is 29.2 Å². The predicted octanol–water partition coefficient (Wildman–Crippen LogP) is 2.68. The smallest absolute Gasteiger partial charge is 0.223 e. The molecule has 0 unspecified atom stereocenters. The number of rotatable bonds is 5. The molecule has 1 aromatic carbocycles. The van der Waals surface area contributed by atoms with Crippen LogP contribution < -0.4 is 0 Å². The summed E-state index contributed by atoms with van der Waals surface area (Å²) in [4.78, 5) is 16.4. The van der Waals surface area contributed by atoms with Crippen LogP contribution in [0.4, 0.5) is 0 Å². The van der Waals surface area contributed by atoms with Crippen molar-refractivity contribution in [2.24, 2.45) is 0 Å². The summed E-state index contributed by atoms with van der Waals surface area (Å²) in [6, 6.07) is 7.51. The van der Waals surface area contributed by atoms with Gasteiger partial charge in [0.05, 0.1) is 12.1 Å². The minimum atomic E-state index is -0.484. The molecular formula is C18H25ClN2O2. The first-order valence-electron chi connectivity index (χ1n) is 8.58. The van der Waals surface area contributed by atoms with Gasteiger partial charge >= 0.3 is 0 Å². The fourth-order valence-electron chi connectivity index (χ4n) is 3.70. The average molecular weight is 337 g/mol. The Labute approximate surface area is 143 Å². The Morgan fingerprint density at radius 3 is 2.70 bits per heavy atom. The van der Waals surface area contributed by atoms with E-state index in [1.165, 1.54) is 19.3 Å². The Morgan fingerprint density at radius 1 is 1.22 bits per heavy atom. The molecule has 1 amide bonds. The van der Waals surface area contributed by atoms with Gasteiger partial charge in [0.1, 0.15) is 0 Å². The van der Waals surface area contributed by atoms with Crippen molar-refractivity contribution in [3.05, 3.63) is 34.9 Å². The maximum atomic E-state index is 12.3. The van der Waals surface area contributed by atoms with Crippen molar-refractivity contribution in [1.29, 1.82) is 0 Å². The van der Waals surface area contributed by atoms with Crippen molar-refractivity contribution in [3.63, 3.8) is 0 Å². The second-order valence-electron chi connectivity index (χ2n) is 6.65. The normalized spacial score (nSPS) is 24.2. The third-order valence-corrected chi connectivity index (χ3v) is 5.38. The van der Waals surface area contributed by atoms with Crippen LogP contribution >= 0.6 is 11.6 Å². The predicted molar refractivity (Wildman–Crippen MR) is 91.3 cm³/mol. The number of halogens is 1. The molecule has 0 radical (unpaired) electrons. The summed E-state index contributed by atoms with van der Waals surface area (Å²) < 4.78 is 0. The Hall–Kier alpha value is -1.10. The number of aliphatic hydroxyl groups is 1. The number of nitrogens with zero attached hydrogens (tertiary/aromatic N) is 2.